The number of benzene rings is 2. The fourth-order valence-corrected chi connectivity index (χ4v) is 2.39. The molecule has 22 heavy (non-hydrogen) atoms. The quantitative estimate of drug-likeness (QED) is 0.652. The summed E-state index contributed by atoms with van der Waals surface area (Å²) in [5.41, 5.74) is 1.05. The van der Waals surface area contributed by atoms with Crippen LogP contribution in [-0.2, 0) is 0 Å². The Morgan fingerprint density at radius 1 is 1.14 bits per heavy atom. The minimum absolute atomic E-state index is 0.123. The lowest BCUT2D eigenvalue weighted by molar-refractivity contribution is 0.414. The van der Waals surface area contributed by atoms with Crippen molar-refractivity contribution in [2.45, 2.75) is 0 Å². The lowest BCUT2D eigenvalue weighted by atomic mass is 9.88. The number of anilines is 1. The third kappa shape index (κ3) is 4.27. The van der Waals surface area contributed by atoms with Crippen LogP contribution in [0.5, 0.6) is 11.5 Å². The fraction of sp³-hybridized carbons (Fsp3) is 0.0714. The molecule has 0 bridgehead atoms. The molecule has 114 valence electrons. The van der Waals surface area contributed by atoms with Gasteiger partial charge in [-0.25, -0.2) is 0 Å². The number of hydrogen-bond acceptors (Lipinski definition) is 4. The molecule has 2 aromatic rings. The van der Waals surface area contributed by atoms with Crippen LogP contribution in [0.2, 0.25) is 10.0 Å². The molecule has 8 heteroatoms. The zero-order valence-electron chi connectivity index (χ0n) is 11.6. The monoisotopic (exact) mass is 355 g/mol. The van der Waals surface area contributed by atoms with Crippen molar-refractivity contribution in [3.8, 4) is 11.5 Å². The number of rotatable bonds is 4. The molecule has 0 fully saturated rings. The van der Waals surface area contributed by atoms with Gasteiger partial charge in [-0.15, -0.1) is 0 Å². The highest BCUT2D eigenvalue weighted by molar-refractivity contribution is 7.80. The van der Waals surface area contributed by atoms with Gasteiger partial charge in [0.2, 0.25) is 0 Å². The number of hydrogen-bond donors (Lipinski definition) is 2. The van der Waals surface area contributed by atoms with Gasteiger partial charge in [-0.1, -0.05) is 23.2 Å². The van der Waals surface area contributed by atoms with Crippen molar-refractivity contribution in [2.75, 3.05) is 12.4 Å². The van der Waals surface area contributed by atoms with E-state index in [0.29, 0.717) is 26.9 Å². The molecule has 0 saturated carbocycles. The molecule has 0 aliphatic heterocycles. The highest BCUT2D eigenvalue weighted by Gasteiger charge is 2.10. The molecule has 0 spiro atoms. The van der Waals surface area contributed by atoms with Crippen LogP contribution in [0.1, 0.15) is 0 Å². The maximum absolute atomic E-state index is 9.22. The molecule has 0 atom stereocenters. The first-order chi connectivity index (χ1) is 10.5. The molecule has 0 unspecified atom stereocenters. The van der Waals surface area contributed by atoms with Crippen molar-refractivity contribution < 1.29 is 14.5 Å². The highest BCUT2D eigenvalue weighted by atomic mass is 35.5. The topological polar surface area (TPSA) is 50.7 Å². The van der Waals surface area contributed by atoms with Crippen LogP contribution in [0, 0.1) is 0 Å². The van der Waals surface area contributed by atoms with E-state index in [1.54, 1.807) is 37.4 Å². The van der Waals surface area contributed by atoms with Crippen molar-refractivity contribution >= 4 is 59.2 Å². The van der Waals surface area contributed by atoms with Crippen molar-refractivity contribution in [3.05, 3.63) is 46.4 Å². The normalized spacial score (nSPS) is 10.0. The largest absolute Gasteiger partial charge is 0.497 e. The van der Waals surface area contributed by atoms with E-state index < -0.39 is 0 Å². The van der Waals surface area contributed by atoms with E-state index in [9.17, 15) is 5.02 Å². The van der Waals surface area contributed by atoms with Crippen LogP contribution in [0.15, 0.2) is 36.4 Å². The smallest absolute Gasteiger partial charge is 0.306 e. The van der Waals surface area contributed by atoms with E-state index >= 15 is 0 Å². The van der Waals surface area contributed by atoms with Crippen LogP contribution < -0.4 is 20.3 Å². The molecule has 0 aromatic heterocycles. The van der Waals surface area contributed by atoms with Gasteiger partial charge >= 0.3 is 7.48 Å². The Hall–Kier alpha value is -1.47. The second-order valence-corrected chi connectivity index (χ2v) is 5.46. The van der Waals surface area contributed by atoms with Crippen LogP contribution in [0.3, 0.4) is 0 Å². The summed E-state index contributed by atoms with van der Waals surface area (Å²) in [7, 11) is 1.39. The molecule has 0 heterocycles. The average Bonchev–Trinajstić information content (AvgIpc) is 2.50. The molecule has 2 N–H and O–H groups in total. The molecule has 2 aromatic carbocycles. The second kappa shape index (κ2) is 7.69. The summed E-state index contributed by atoms with van der Waals surface area (Å²) in [4.78, 5) is 0. The maximum Gasteiger partial charge on any atom is 0.306 e. The molecular weight excluding hydrogens is 344 g/mol. The molecule has 0 saturated heterocycles. The van der Waals surface area contributed by atoms with E-state index in [2.05, 4.69) is 5.32 Å². The molecule has 0 amide bonds. The number of thiocarbonyl (C=S) groups is 1. The van der Waals surface area contributed by atoms with Gasteiger partial charge in [0.25, 0.3) is 5.17 Å². The summed E-state index contributed by atoms with van der Waals surface area (Å²) >= 11 is 17.2. The molecule has 0 aliphatic carbocycles. The Balaban J connectivity index is 2.08. The van der Waals surface area contributed by atoms with E-state index in [4.69, 9.17) is 44.9 Å². The van der Waals surface area contributed by atoms with Gasteiger partial charge in [-0.05, 0) is 54.1 Å². The van der Waals surface area contributed by atoms with Crippen LogP contribution in [0.4, 0.5) is 5.69 Å². The highest BCUT2D eigenvalue weighted by Crippen LogP contribution is 2.25. The second-order valence-electron chi connectivity index (χ2n) is 4.27. The minimum atomic E-state index is -0.198. The average molecular weight is 356 g/mol. The van der Waals surface area contributed by atoms with E-state index in [1.165, 1.54) is 6.07 Å². The molecule has 0 aliphatic rings. The lowest BCUT2D eigenvalue weighted by Gasteiger charge is -2.12. The van der Waals surface area contributed by atoms with E-state index in [0.717, 1.165) is 5.75 Å². The summed E-state index contributed by atoms with van der Waals surface area (Å²) in [5.74, 6) is 1.28. The first-order valence-electron chi connectivity index (χ1n) is 6.25. The van der Waals surface area contributed by atoms with Gasteiger partial charge in [0.15, 0.2) is 0 Å². The van der Waals surface area contributed by atoms with Crippen molar-refractivity contribution in [1.82, 2.24) is 0 Å². The van der Waals surface area contributed by atoms with Gasteiger partial charge in [0.1, 0.15) is 11.5 Å². The number of methoxy groups -OCH3 is 1. The van der Waals surface area contributed by atoms with Gasteiger partial charge < -0.3 is 19.8 Å². The molecule has 0 radical (unpaired) electrons. The summed E-state index contributed by atoms with van der Waals surface area (Å²) < 4.78 is 10.6. The molecule has 2 rings (SSSR count). The predicted octanol–water partition coefficient (Wildman–Crippen LogP) is 2.75. The van der Waals surface area contributed by atoms with Crippen molar-refractivity contribution in [2.24, 2.45) is 0 Å². The Morgan fingerprint density at radius 3 is 2.36 bits per heavy atom. The minimum Gasteiger partial charge on any atom is -0.497 e. The number of nitrogens with one attached hydrogen (secondary N) is 1. The Labute approximate surface area is 144 Å². The number of halogens is 2. The summed E-state index contributed by atoms with van der Waals surface area (Å²) in [6, 6.07) is 10.1. The van der Waals surface area contributed by atoms with Crippen LogP contribution >= 0.6 is 35.4 Å². The maximum atomic E-state index is 9.22. The zero-order valence-corrected chi connectivity index (χ0v) is 13.9. The third-order valence-electron chi connectivity index (χ3n) is 2.81. The van der Waals surface area contributed by atoms with E-state index in [-0.39, 0.29) is 12.7 Å². The van der Waals surface area contributed by atoms with Crippen LogP contribution in [0.25, 0.3) is 0 Å². The standard InChI is InChI=1S/C14H12BCl2NO3S/c1-20-8-2-4-9(5-3-8)21-14(22)18-13-6-10(15-19)11(16)7-12(13)17/h2-7,15,19H,1H3,(H,18,22). The SMILES string of the molecule is COc1ccc(OC(=S)Nc2cc(BO)c(Cl)cc2Cl)cc1. The Kier molecular flexibility index (Phi) is 5.91. The zero-order chi connectivity index (χ0) is 16.1. The predicted molar refractivity (Wildman–Crippen MR) is 95.3 cm³/mol. The van der Waals surface area contributed by atoms with Crippen LogP contribution in [-0.4, -0.2) is 24.8 Å². The van der Waals surface area contributed by atoms with Gasteiger partial charge in [-0.3, -0.25) is 0 Å². The fourth-order valence-electron chi connectivity index (χ4n) is 1.70. The lowest BCUT2D eigenvalue weighted by Crippen LogP contribution is -2.20. The molecule has 4 nitrogen and oxygen atoms in total. The Bertz CT molecular complexity index is 683. The summed E-state index contributed by atoms with van der Waals surface area (Å²) in [5, 5.41) is 13.0. The summed E-state index contributed by atoms with van der Waals surface area (Å²) in [6.07, 6.45) is 0. The third-order valence-corrected chi connectivity index (χ3v) is 3.66. The van der Waals surface area contributed by atoms with Gasteiger partial charge in [0.05, 0.1) is 17.8 Å². The van der Waals surface area contributed by atoms with Crippen molar-refractivity contribution in [3.63, 3.8) is 0 Å². The first-order valence-corrected chi connectivity index (χ1v) is 7.41. The van der Waals surface area contributed by atoms with E-state index in [1.807, 2.05) is 0 Å². The summed E-state index contributed by atoms with van der Waals surface area (Å²) in [6.45, 7) is 0. The Morgan fingerprint density at radius 2 is 1.77 bits per heavy atom. The first kappa shape index (κ1) is 16.9. The van der Waals surface area contributed by atoms with Gasteiger partial charge in [-0.2, -0.15) is 0 Å². The molecular formula is C14H12BCl2NO3S. The van der Waals surface area contributed by atoms with Crippen molar-refractivity contribution in [1.29, 1.82) is 0 Å². The number of ether oxygens (including phenoxy) is 2. The van der Waals surface area contributed by atoms with Gasteiger partial charge in [0, 0.05) is 5.02 Å².